The number of ether oxygens (including phenoxy) is 2. The van der Waals surface area contributed by atoms with Crippen LogP contribution in [0.4, 0.5) is 0 Å². The SMILES string of the molecule is CN=C(NCCc1ccc(OC)c(OC)c1)N1CC(C)CC(C)C1.I. The number of piperidine rings is 1. The van der Waals surface area contributed by atoms with Crippen LogP contribution in [0.2, 0.25) is 0 Å². The Morgan fingerprint density at radius 1 is 1.16 bits per heavy atom. The molecule has 0 bridgehead atoms. The first kappa shape index (κ1) is 21.9. The number of halogens is 1. The molecule has 2 rings (SSSR count). The fourth-order valence-electron chi connectivity index (χ4n) is 3.52. The fourth-order valence-corrected chi connectivity index (χ4v) is 3.52. The molecule has 0 amide bonds. The highest BCUT2D eigenvalue weighted by Crippen LogP contribution is 2.27. The average Bonchev–Trinajstić information content (AvgIpc) is 2.57. The molecule has 1 N–H and O–H groups in total. The minimum atomic E-state index is 0. The van der Waals surface area contributed by atoms with Gasteiger partial charge < -0.3 is 19.7 Å². The van der Waals surface area contributed by atoms with E-state index in [0.717, 1.165) is 55.3 Å². The molecule has 1 saturated heterocycles. The molecule has 2 unspecified atom stereocenters. The predicted octanol–water partition coefficient (Wildman–Crippen LogP) is 3.42. The Balaban J connectivity index is 0.00000312. The number of nitrogens with one attached hydrogen (secondary N) is 1. The van der Waals surface area contributed by atoms with Crippen LogP contribution < -0.4 is 14.8 Å². The summed E-state index contributed by atoms with van der Waals surface area (Å²) in [6.07, 6.45) is 2.22. The molecule has 1 aliphatic heterocycles. The van der Waals surface area contributed by atoms with Crippen molar-refractivity contribution in [2.75, 3.05) is 40.9 Å². The lowest BCUT2D eigenvalue weighted by Gasteiger charge is -2.37. The van der Waals surface area contributed by atoms with Crippen LogP contribution in [-0.2, 0) is 6.42 Å². The van der Waals surface area contributed by atoms with Gasteiger partial charge in [-0.15, -0.1) is 24.0 Å². The number of guanidine groups is 1. The van der Waals surface area contributed by atoms with Gasteiger partial charge in [-0.05, 0) is 42.4 Å². The molecule has 0 aliphatic carbocycles. The van der Waals surface area contributed by atoms with Crippen LogP contribution >= 0.6 is 24.0 Å². The summed E-state index contributed by atoms with van der Waals surface area (Å²) in [6.45, 7) is 7.65. The molecular weight excluding hydrogens is 429 g/mol. The van der Waals surface area contributed by atoms with E-state index in [4.69, 9.17) is 9.47 Å². The van der Waals surface area contributed by atoms with Gasteiger partial charge in [0.2, 0.25) is 0 Å². The molecule has 142 valence electrons. The number of hydrogen-bond donors (Lipinski definition) is 1. The molecular formula is C19H32IN3O2. The second-order valence-electron chi connectivity index (χ2n) is 6.76. The Morgan fingerprint density at radius 2 is 1.80 bits per heavy atom. The molecule has 1 fully saturated rings. The number of aliphatic imine (C=N–C) groups is 1. The Hall–Kier alpha value is -1.18. The first-order chi connectivity index (χ1) is 11.6. The first-order valence-electron chi connectivity index (χ1n) is 8.73. The third kappa shape index (κ3) is 6.24. The van der Waals surface area contributed by atoms with E-state index in [1.807, 2.05) is 19.2 Å². The van der Waals surface area contributed by atoms with Gasteiger partial charge in [-0.25, -0.2) is 0 Å². The topological polar surface area (TPSA) is 46.1 Å². The summed E-state index contributed by atoms with van der Waals surface area (Å²) in [6, 6.07) is 6.07. The number of nitrogens with zero attached hydrogens (tertiary/aromatic N) is 2. The molecule has 5 nitrogen and oxygen atoms in total. The van der Waals surface area contributed by atoms with E-state index in [1.165, 1.54) is 12.0 Å². The van der Waals surface area contributed by atoms with Crippen LogP contribution in [0.15, 0.2) is 23.2 Å². The summed E-state index contributed by atoms with van der Waals surface area (Å²) in [5.41, 5.74) is 1.22. The van der Waals surface area contributed by atoms with Crippen LogP contribution in [-0.4, -0.2) is 51.8 Å². The fraction of sp³-hybridized carbons (Fsp3) is 0.632. The minimum Gasteiger partial charge on any atom is -0.493 e. The van der Waals surface area contributed by atoms with Crippen molar-refractivity contribution >= 4 is 29.9 Å². The lowest BCUT2D eigenvalue weighted by molar-refractivity contribution is 0.208. The van der Waals surface area contributed by atoms with Gasteiger partial charge in [0.05, 0.1) is 14.2 Å². The third-order valence-electron chi connectivity index (χ3n) is 4.52. The number of likely N-dealkylation sites (tertiary alicyclic amines) is 1. The van der Waals surface area contributed by atoms with Gasteiger partial charge in [-0.2, -0.15) is 0 Å². The van der Waals surface area contributed by atoms with E-state index >= 15 is 0 Å². The van der Waals surface area contributed by atoms with E-state index in [2.05, 4.69) is 35.1 Å². The highest BCUT2D eigenvalue weighted by molar-refractivity contribution is 14.0. The van der Waals surface area contributed by atoms with Crippen molar-refractivity contribution < 1.29 is 9.47 Å². The number of methoxy groups -OCH3 is 2. The predicted molar refractivity (Wildman–Crippen MR) is 115 cm³/mol. The summed E-state index contributed by atoms with van der Waals surface area (Å²) in [5, 5.41) is 3.50. The van der Waals surface area contributed by atoms with Gasteiger partial charge in [0.15, 0.2) is 17.5 Å². The number of benzene rings is 1. The maximum Gasteiger partial charge on any atom is 0.193 e. The van der Waals surface area contributed by atoms with Gasteiger partial charge in [0.1, 0.15) is 0 Å². The minimum absolute atomic E-state index is 0. The van der Waals surface area contributed by atoms with E-state index in [0.29, 0.717) is 0 Å². The standard InChI is InChI=1S/C19H31N3O2.HI/c1-14-10-15(2)13-22(12-14)19(20-3)21-9-8-16-6-7-17(23-4)18(11-16)24-5;/h6-7,11,14-15H,8-10,12-13H2,1-5H3,(H,20,21);1H. The second kappa shape index (κ2) is 10.7. The summed E-state index contributed by atoms with van der Waals surface area (Å²) in [4.78, 5) is 6.84. The van der Waals surface area contributed by atoms with Crippen molar-refractivity contribution in [3.63, 3.8) is 0 Å². The maximum absolute atomic E-state index is 5.37. The number of hydrogen-bond acceptors (Lipinski definition) is 3. The van der Waals surface area contributed by atoms with Crippen LogP contribution in [0.25, 0.3) is 0 Å². The van der Waals surface area contributed by atoms with E-state index < -0.39 is 0 Å². The van der Waals surface area contributed by atoms with Gasteiger partial charge in [0, 0.05) is 26.7 Å². The molecule has 0 spiro atoms. The zero-order valence-electron chi connectivity index (χ0n) is 16.0. The Bertz CT molecular complexity index is 556. The first-order valence-corrected chi connectivity index (χ1v) is 8.73. The summed E-state index contributed by atoms with van der Waals surface area (Å²) in [5.74, 6) is 3.99. The highest BCUT2D eigenvalue weighted by atomic mass is 127. The van der Waals surface area contributed by atoms with Crippen molar-refractivity contribution in [1.82, 2.24) is 10.2 Å². The Kier molecular flexibility index (Phi) is 9.38. The molecule has 0 saturated carbocycles. The Labute approximate surface area is 169 Å². The molecule has 0 radical (unpaired) electrons. The molecule has 2 atom stereocenters. The van der Waals surface area contributed by atoms with E-state index in [9.17, 15) is 0 Å². The molecule has 1 heterocycles. The van der Waals surface area contributed by atoms with Crippen molar-refractivity contribution in [3.8, 4) is 11.5 Å². The van der Waals surface area contributed by atoms with Gasteiger partial charge in [0.25, 0.3) is 0 Å². The van der Waals surface area contributed by atoms with Crippen LogP contribution in [0.3, 0.4) is 0 Å². The maximum atomic E-state index is 5.37. The second-order valence-corrected chi connectivity index (χ2v) is 6.76. The third-order valence-corrected chi connectivity index (χ3v) is 4.52. The Morgan fingerprint density at radius 3 is 2.36 bits per heavy atom. The zero-order valence-corrected chi connectivity index (χ0v) is 18.4. The molecule has 6 heteroatoms. The molecule has 1 aromatic carbocycles. The van der Waals surface area contributed by atoms with Gasteiger partial charge in [-0.1, -0.05) is 19.9 Å². The van der Waals surface area contributed by atoms with Gasteiger partial charge in [-0.3, -0.25) is 4.99 Å². The smallest absolute Gasteiger partial charge is 0.193 e. The van der Waals surface area contributed by atoms with E-state index in [1.54, 1.807) is 14.2 Å². The summed E-state index contributed by atoms with van der Waals surface area (Å²) >= 11 is 0. The average molecular weight is 461 g/mol. The van der Waals surface area contributed by atoms with Gasteiger partial charge >= 0.3 is 0 Å². The highest BCUT2D eigenvalue weighted by Gasteiger charge is 2.23. The summed E-state index contributed by atoms with van der Waals surface area (Å²) < 4.78 is 10.7. The molecule has 25 heavy (non-hydrogen) atoms. The van der Waals surface area contributed by atoms with Crippen molar-refractivity contribution in [2.45, 2.75) is 26.7 Å². The van der Waals surface area contributed by atoms with Crippen LogP contribution in [0.5, 0.6) is 11.5 Å². The van der Waals surface area contributed by atoms with Crippen molar-refractivity contribution in [2.24, 2.45) is 16.8 Å². The summed E-state index contributed by atoms with van der Waals surface area (Å²) in [7, 11) is 5.19. The molecule has 1 aromatic rings. The van der Waals surface area contributed by atoms with Crippen molar-refractivity contribution in [3.05, 3.63) is 23.8 Å². The monoisotopic (exact) mass is 461 g/mol. The zero-order chi connectivity index (χ0) is 17.5. The lowest BCUT2D eigenvalue weighted by atomic mass is 9.92. The van der Waals surface area contributed by atoms with Crippen LogP contribution in [0.1, 0.15) is 25.8 Å². The van der Waals surface area contributed by atoms with Crippen molar-refractivity contribution in [1.29, 1.82) is 0 Å². The lowest BCUT2D eigenvalue weighted by Crippen LogP contribution is -2.48. The molecule has 1 aliphatic rings. The molecule has 0 aromatic heterocycles. The normalized spacial score (nSPS) is 20.7. The number of rotatable bonds is 5. The van der Waals surface area contributed by atoms with Crippen LogP contribution in [0, 0.1) is 11.8 Å². The quantitative estimate of drug-likeness (QED) is 0.415. The largest absolute Gasteiger partial charge is 0.493 e. The van der Waals surface area contributed by atoms with E-state index in [-0.39, 0.29) is 24.0 Å².